The number of ether oxygens (including phenoxy) is 1. The van der Waals surface area contributed by atoms with Crippen molar-refractivity contribution in [2.75, 3.05) is 0 Å². The van der Waals surface area contributed by atoms with Crippen molar-refractivity contribution < 1.29 is 4.74 Å². The van der Waals surface area contributed by atoms with Gasteiger partial charge in [0.2, 0.25) is 5.88 Å². The zero-order valence-corrected chi connectivity index (χ0v) is 15.5. The number of aromatic nitrogens is 6. The Balaban J connectivity index is 1.63. The van der Waals surface area contributed by atoms with Crippen LogP contribution in [0.5, 0.6) is 5.88 Å². The molecule has 2 aromatic heterocycles. The van der Waals surface area contributed by atoms with Crippen molar-refractivity contribution >= 4 is 0 Å². The second kappa shape index (κ2) is 7.43. The average Bonchev–Trinajstić information content (AvgIpc) is 3.06. The van der Waals surface area contributed by atoms with Crippen LogP contribution in [0.3, 0.4) is 0 Å². The molecule has 0 atom stereocenters. The zero-order chi connectivity index (χ0) is 19.5. The van der Waals surface area contributed by atoms with Gasteiger partial charge >= 0.3 is 5.69 Å². The van der Waals surface area contributed by atoms with E-state index in [-0.39, 0.29) is 12.3 Å². The quantitative estimate of drug-likeness (QED) is 0.533. The van der Waals surface area contributed by atoms with Gasteiger partial charge in [0, 0.05) is 24.2 Å². The van der Waals surface area contributed by atoms with Gasteiger partial charge in [0.1, 0.15) is 12.9 Å². The average molecular weight is 374 g/mol. The van der Waals surface area contributed by atoms with E-state index in [1.165, 1.54) is 15.7 Å². The molecule has 0 radical (unpaired) electrons. The summed E-state index contributed by atoms with van der Waals surface area (Å²) in [5.41, 5.74) is 3.89. The lowest BCUT2D eigenvalue weighted by atomic mass is 10.1. The van der Waals surface area contributed by atoms with Crippen LogP contribution in [0.15, 0.2) is 65.7 Å². The first-order valence-corrected chi connectivity index (χ1v) is 8.71. The molecule has 0 aliphatic rings. The topological polar surface area (TPSA) is 87.7 Å². The number of aryl methyl sites for hydroxylation is 2. The molecule has 8 heteroatoms. The molecule has 2 heterocycles. The molecule has 4 aromatic rings. The molecule has 28 heavy (non-hydrogen) atoms. The number of tetrazole rings is 1. The molecule has 0 unspecified atom stereocenters. The lowest BCUT2D eigenvalue weighted by Gasteiger charge is -2.12. The van der Waals surface area contributed by atoms with E-state index in [9.17, 15) is 4.79 Å². The fourth-order valence-electron chi connectivity index (χ4n) is 2.87. The van der Waals surface area contributed by atoms with E-state index in [0.717, 1.165) is 22.4 Å². The molecule has 140 valence electrons. The molecular formula is C20H18N6O2. The van der Waals surface area contributed by atoms with Gasteiger partial charge in [0.25, 0.3) is 0 Å². The van der Waals surface area contributed by atoms with Gasteiger partial charge in [-0.1, -0.05) is 42.5 Å². The van der Waals surface area contributed by atoms with Crippen LogP contribution in [0.2, 0.25) is 0 Å². The summed E-state index contributed by atoms with van der Waals surface area (Å²) in [6.07, 6.45) is 1.48. The van der Waals surface area contributed by atoms with E-state index in [4.69, 9.17) is 4.74 Å². The van der Waals surface area contributed by atoms with E-state index in [0.29, 0.717) is 11.6 Å². The van der Waals surface area contributed by atoms with Crippen LogP contribution in [-0.4, -0.2) is 29.8 Å². The molecule has 0 bridgehead atoms. The molecule has 8 nitrogen and oxygen atoms in total. The maximum absolute atomic E-state index is 12.2. The van der Waals surface area contributed by atoms with Gasteiger partial charge in [-0.2, -0.15) is 9.36 Å². The molecule has 0 aliphatic carbocycles. The summed E-state index contributed by atoms with van der Waals surface area (Å²) in [5, 5.41) is 7.71. The van der Waals surface area contributed by atoms with Crippen molar-refractivity contribution in [2.24, 2.45) is 7.05 Å². The van der Waals surface area contributed by atoms with Crippen molar-refractivity contribution in [1.29, 1.82) is 0 Å². The van der Waals surface area contributed by atoms with Crippen LogP contribution in [0.25, 0.3) is 16.9 Å². The maximum atomic E-state index is 12.2. The summed E-state index contributed by atoms with van der Waals surface area (Å²) >= 11 is 0. The summed E-state index contributed by atoms with van der Waals surface area (Å²) in [5.74, 6) is 0.453. The molecule has 0 spiro atoms. The van der Waals surface area contributed by atoms with Gasteiger partial charge in [0.05, 0.1) is 11.4 Å². The van der Waals surface area contributed by atoms with Crippen LogP contribution in [-0.2, 0) is 13.7 Å². The molecular weight excluding hydrogens is 356 g/mol. The molecule has 2 aromatic carbocycles. The van der Waals surface area contributed by atoms with E-state index in [1.54, 1.807) is 13.1 Å². The Hall–Kier alpha value is -3.81. The highest BCUT2D eigenvalue weighted by atomic mass is 16.5. The highest BCUT2D eigenvalue weighted by molar-refractivity contribution is 5.59. The summed E-state index contributed by atoms with van der Waals surface area (Å²) in [6, 6.07) is 17.3. The van der Waals surface area contributed by atoms with Crippen LogP contribution in [0, 0.1) is 6.92 Å². The van der Waals surface area contributed by atoms with Crippen LogP contribution < -0.4 is 10.4 Å². The van der Waals surface area contributed by atoms with Crippen molar-refractivity contribution in [3.63, 3.8) is 0 Å². The highest BCUT2D eigenvalue weighted by Crippen LogP contribution is 2.22. The van der Waals surface area contributed by atoms with Crippen molar-refractivity contribution in [3.8, 4) is 22.8 Å². The number of benzene rings is 2. The number of hydrogen-bond acceptors (Lipinski definition) is 6. The lowest BCUT2D eigenvalue weighted by molar-refractivity contribution is 0.292. The van der Waals surface area contributed by atoms with Crippen LogP contribution >= 0.6 is 0 Å². The minimum atomic E-state index is -0.319. The third kappa shape index (κ3) is 3.39. The molecule has 0 fully saturated rings. The van der Waals surface area contributed by atoms with Gasteiger partial charge in [-0.05, 0) is 29.0 Å². The van der Waals surface area contributed by atoms with Crippen molar-refractivity contribution in [2.45, 2.75) is 13.5 Å². The Kier molecular flexibility index (Phi) is 4.67. The fraction of sp³-hybridized carbons (Fsp3) is 0.150. The number of rotatable bonds is 5. The third-order valence-corrected chi connectivity index (χ3v) is 4.41. The Morgan fingerprint density at radius 3 is 2.57 bits per heavy atom. The second-order valence-corrected chi connectivity index (χ2v) is 6.27. The Morgan fingerprint density at radius 2 is 1.82 bits per heavy atom. The Morgan fingerprint density at radius 1 is 1.00 bits per heavy atom. The fourth-order valence-corrected chi connectivity index (χ4v) is 2.87. The first kappa shape index (κ1) is 17.6. The van der Waals surface area contributed by atoms with Crippen LogP contribution in [0.1, 0.15) is 11.1 Å². The predicted octanol–water partition coefficient (Wildman–Crippen LogP) is 2.31. The van der Waals surface area contributed by atoms with E-state index in [2.05, 4.69) is 20.4 Å². The highest BCUT2D eigenvalue weighted by Gasteiger charge is 2.14. The minimum Gasteiger partial charge on any atom is -0.473 e. The molecule has 0 saturated carbocycles. The molecule has 0 saturated heterocycles. The van der Waals surface area contributed by atoms with Crippen LogP contribution in [0.4, 0.5) is 0 Å². The summed E-state index contributed by atoms with van der Waals surface area (Å²) in [7, 11) is 1.56. The van der Waals surface area contributed by atoms with E-state index in [1.807, 2.05) is 55.5 Å². The van der Waals surface area contributed by atoms with Gasteiger partial charge in [0.15, 0.2) is 0 Å². The Labute approximate surface area is 161 Å². The van der Waals surface area contributed by atoms with E-state index < -0.39 is 0 Å². The van der Waals surface area contributed by atoms with E-state index >= 15 is 0 Å². The predicted molar refractivity (Wildman–Crippen MR) is 103 cm³/mol. The largest absolute Gasteiger partial charge is 0.473 e. The van der Waals surface area contributed by atoms with Crippen molar-refractivity contribution in [1.82, 2.24) is 29.8 Å². The monoisotopic (exact) mass is 374 g/mol. The molecule has 0 amide bonds. The van der Waals surface area contributed by atoms with Gasteiger partial charge in [-0.15, -0.1) is 0 Å². The van der Waals surface area contributed by atoms with Gasteiger partial charge in [-0.3, -0.25) is 0 Å². The molecule has 0 aliphatic heterocycles. The standard InChI is InChI=1S/C20H18N6O2/c1-14-7-6-10-18(26-20(27)25(2)23-24-26)16(14)12-28-19-11-17(21-13-22-19)15-8-4-3-5-9-15/h3-11,13H,12H2,1-2H3. The van der Waals surface area contributed by atoms with Gasteiger partial charge < -0.3 is 4.74 Å². The summed E-state index contributed by atoms with van der Waals surface area (Å²) in [4.78, 5) is 20.8. The number of hydrogen-bond donors (Lipinski definition) is 0. The molecule has 0 N–H and O–H groups in total. The zero-order valence-electron chi connectivity index (χ0n) is 15.5. The maximum Gasteiger partial charge on any atom is 0.368 e. The smallest absolute Gasteiger partial charge is 0.368 e. The minimum absolute atomic E-state index is 0.232. The molecule has 4 rings (SSSR count). The second-order valence-electron chi connectivity index (χ2n) is 6.27. The summed E-state index contributed by atoms with van der Waals surface area (Å²) < 4.78 is 8.37. The van der Waals surface area contributed by atoms with Gasteiger partial charge in [-0.25, -0.2) is 14.8 Å². The normalized spacial score (nSPS) is 10.8. The first-order valence-electron chi connectivity index (χ1n) is 8.71. The van der Waals surface area contributed by atoms with Crippen molar-refractivity contribution in [3.05, 3.63) is 82.5 Å². The number of nitrogens with zero attached hydrogens (tertiary/aromatic N) is 6. The lowest BCUT2D eigenvalue weighted by Crippen LogP contribution is -2.23. The first-order chi connectivity index (χ1) is 13.6. The Bertz CT molecular complexity index is 1170. The SMILES string of the molecule is Cc1cccc(-n2nnn(C)c2=O)c1COc1cc(-c2ccccc2)ncn1. The third-order valence-electron chi connectivity index (χ3n) is 4.41. The summed E-state index contributed by atoms with van der Waals surface area (Å²) in [6.45, 7) is 2.19.